The van der Waals surface area contributed by atoms with E-state index < -0.39 is 0 Å². The molecular weight excluding hydrogens is 725 g/mol. The fourth-order valence-corrected chi connectivity index (χ4v) is 9.65. The van der Waals surface area contributed by atoms with Crippen LogP contribution in [0.1, 0.15) is 0 Å². The van der Waals surface area contributed by atoms with Gasteiger partial charge in [-0.1, -0.05) is 164 Å². The van der Waals surface area contributed by atoms with Crippen LogP contribution >= 0.6 is 0 Å². The molecular formula is C58H38N2. The molecule has 0 amide bonds. The van der Waals surface area contributed by atoms with E-state index in [1.807, 2.05) is 0 Å². The lowest BCUT2D eigenvalue weighted by atomic mass is 9.84. The van der Waals surface area contributed by atoms with Crippen molar-refractivity contribution in [1.29, 1.82) is 0 Å². The summed E-state index contributed by atoms with van der Waals surface area (Å²) in [7, 11) is 0. The van der Waals surface area contributed by atoms with Gasteiger partial charge in [-0.05, 0) is 127 Å². The molecule has 280 valence electrons. The monoisotopic (exact) mass is 762 g/mol. The second kappa shape index (κ2) is 13.9. The Labute approximate surface area is 348 Å². The Hall–Kier alpha value is -7.94. The molecule has 0 aliphatic carbocycles. The van der Waals surface area contributed by atoms with E-state index in [0.29, 0.717) is 0 Å². The predicted molar refractivity (Wildman–Crippen MR) is 256 cm³/mol. The molecule has 0 atom stereocenters. The zero-order valence-electron chi connectivity index (χ0n) is 32.8. The molecule has 0 spiro atoms. The van der Waals surface area contributed by atoms with Crippen LogP contribution in [0.15, 0.2) is 231 Å². The zero-order valence-corrected chi connectivity index (χ0v) is 32.8. The van der Waals surface area contributed by atoms with Crippen molar-refractivity contribution in [3.8, 4) is 27.9 Å². The lowest BCUT2D eigenvalue weighted by molar-refractivity contribution is 1.17. The number of anilines is 3. The van der Waals surface area contributed by atoms with E-state index in [1.54, 1.807) is 0 Å². The summed E-state index contributed by atoms with van der Waals surface area (Å²) in [4.78, 5) is 2.45. The molecule has 0 aliphatic rings. The summed E-state index contributed by atoms with van der Waals surface area (Å²) in [5, 5.41) is 12.3. The minimum Gasteiger partial charge on any atom is -0.310 e. The minimum absolute atomic E-state index is 1.09. The molecule has 0 saturated heterocycles. The first kappa shape index (κ1) is 34.1. The van der Waals surface area contributed by atoms with Crippen molar-refractivity contribution in [3.05, 3.63) is 231 Å². The molecule has 0 aliphatic heterocycles. The van der Waals surface area contributed by atoms with Gasteiger partial charge in [0.15, 0.2) is 0 Å². The summed E-state index contributed by atoms with van der Waals surface area (Å²) in [6.45, 7) is 0. The third-order valence-corrected chi connectivity index (χ3v) is 12.3. The molecule has 12 rings (SSSR count). The molecule has 1 heterocycles. The number of rotatable bonds is 6. The van der Waals surface area contributed by atoms with Crippen LogP contribution in [0, 0.1) is 0 Å². The van der Waals surface area contributed by atoms with Gasteiger partial charge in [-0.2, -0.15) is 0 Å². The number of para-hydroxylation sites is 3. The normalized spacial score (nSPS) is 11.7. The average molecular weight is 763 g/mol. The molecule has 11 aromatic carbocycles. The van der Waals surface area contributed by atoms with Gasteiger partial charge >= 0.3 is 0 Å². The van der Waals surface area contributed by atoms with Gasteiger partial charge in [-0.3, -0.25) is 0 Å². The largest absolute Gasteiger partial charge is 0.310 e. The van der Waals surface area contributed by atoms with Crippen LogP contribution in [0.25, 0.3) is 92.8 Å². The van der Waals surface area contributed by atoms with Crippen molar-refractivity contribution in [1.82, 2.24) is 4.57 Å². The molecule has 0 N–H and O–H groups in total. The number of benzene rings is 11. The van der Waals surface area contributed by atoms with Crippen molar-refractivity contribution in [2.75, 3.05) is 4.90 Å². The maximum absolute atomic E-state index is 2.45. The lowest BCUT2D eigenvalue weighted by Gasteiger charge is -2.29. The number of hydrogen-bond donors (Lipinski definition) is 0. The molecule has 1 aromatic heterocycles. The summed E-state index contributed by atoms with van der Waals surface area (Å²) < 4.78 is 2.39. The second-order valence-corrected chi connectivity index (χ2v) is 15.7. The van der Waals surface area contributed by atoms with Crippen molar-refractivity contribution in [2.45, 2.75) is 0 Å². The number of hydrogen-bond acceptors (Lipinski definition) is 1. The minimum atomic E-state index is 1.09. The summed E-state index contributed by atoms with van der Waals surface area (Å²) >= 11 is 0. The fraction of sp³-hybridized carbons (Fsp3) is 0. The van der Waals surface area contributed by atoms with Gasteiger partial charge in [-0.25, -0.2) is 0 Å². The van der Waals surface area contributed by atoms with Gasteiger partial charge < -0.3 is 9.47 Å². The number of fused-ring (bicyclic) bond motifs is 7. The molecule has 0 bridgehead atoms. The predicted octanol–water partition coefficient (Wildman–Crippen LogP) is 16.2. The third kappa shape index (κ3) is 5.42. The highest BCUT2D eigenvalue weighted by atomic mass is 15.1. The summed E-state index contributed by atoms with van der Waals surface area (Å²) in [6, 6.07) is 84.4. The summed E-state index contributed by atoms with van der Waals surface area (Å²) in [5.74, 6) is 0. The standard InChI is InChI=1S/C58H38N2/c1-2-19-45(20-3-1)59(46-33-35-47(36-34-46)60-53-26-12-10-21-48(53)49-22-11-13-27-54(49)60)55-28-14-25-52-56(43-31-29-39-15-4-6-17-41(39)37-43)50-23-8-9-24-51(50)57(58(52)55)44-32-30-40-16-5-7-18-42(40)38-44/h1-38H. The Morgan fingerprint density at radius 2 is 0.767 bits per heavy atom. The summed E-state index contributed by atoms with van der Waals surface area (Å²) in [6.07, 6.45) is 0. The highest BCUT2D eigenvalue weighted by Crippen LogP contribution is 2.50. The van der Waals surface area contributed by atoms with E-state index in [1.165, 1.54) is 87.1 Å². The van der Waals surface area contributed by atoms with E-state index in [9.17, 15) is 0 Å². The molecule has 0 unspecified atom stereocenters. The third-order valence-electron chi connectivity index (χ3n) is 12.3. The second-order valence-electron chi connectivity index (χ2n) is 15.7. The van der Waals surface area contributed by atoms with Gasteiger partial charge in [0.2, 0.25) is 0 Å². The molecule has 0 radical (unpaired) electrons. The molecule has 12 aromatic rings. The Morgan fingerprint density at radius 1 is 0.300 bits per heavy atom. The lowest BCUT2D eigenvalue weighted by Crippen LogP contribution is -2.11. The van der Waals surface area contributed by atoms with E-state index in [0.717, 1.165) is 22.7 Å². The number of nitrogens with zero attached hydrogens (tertiary/aromatic N) is 2. The quantitative estimate of drug-likeness (QED) is 0.153. The SMILES string of the molecule is c1ccc(N(c2ccc(-n3c4ccccc4c4ccccc43)cc2)c2cccc3c(-c4ccc5ccccc5c4)c4ccccc4c(-c4ccc5ccccc5c4)c23)cc1. The van der Waals surface area contributed by atoms with Crippen molar-refractivity contribution in [3.63, 3.8) is 0 Å². The van der Waals surface area contributed by atoms with Crippen LogP contribution in [0.5, 0.6) is 0 Å². The van der Waals surface area contributed by atoms with Crippen LogP contribution < -0.4 is 4.90 Å². The highest BCUT2D eigenvalue weighted by Gasteiger charge is 2.24. The highest BCUT2D eigenvalue weighted by molar-refractivity contribution is 6.25. The van der Waals surface area contributed by atoms with Crippen LogP contribution in [-0.2, 0) is 0 Å². The van der Waals surface area contributed by atoms with Crippen molar-refractivity contribution in [2.24, 2.45) is 0 Å². The van der Waals surface area contributed by atoms with E-state index in [4.69, 9.17) is 0 Å². The Balaban J connectivity index is 1.16. The Kier molecular flexibility index (Phi) is 7.89. The van der Waals surface area contributed by atoms with Crippen molar-refractivity contribution < 1.29 is 0 Å². The van der Waals surface area contributed by atoms with Gasteiger partial charge in [0.25, 0.3) is 0 Å². The van der Waals surface area contributed by atoms with Crippen LogP contribution in [0.2, 0.25) is 0 Å². The first-order valence-corrected chi connectivity index (χ1v) is 20.7. The van der Waals surface area contributed by atoms with E-state index in [-0.39, 0.29) is 0 Å². The van der Waals surface area contributed by atoms with Crippen LogP contribution in [0.3, 0.4) is 0 Å². The molecule has 2 heteroatoms. The maximum Gasteiger partial charge on any atom is 0.0546 e. The fourth-order valence-electron chi connectivity index (χ4n) is 9.65. The average Bonchev–Trinajstić information content (AvgIpc) is 3.65. The summed E-state index contributed by atoms with van der Waals surface area (Å²) in [5.41, 5.74) is 11.7. The first-order chi connectivity index (χ1) is 29.8. The Morgan fingerprint density at radius 3 is 1.38 bits per heavy atom. The smallest absolute Gasteiger partial charge is 0.0546 e. The van der Waals surface area contributed by atoms with Gasteiger partial charge in [0.1, 0.15) is 0 Å². The van der Waals surface area contributed by atoms with E-state index >= 15 is 0 Å². The Bertz CT molecular complexity index is 3540. The topological polar surface area (TPSA) is 8.17 Å². The molecule has 60 heavy (non-hydrogen) atoms. The van der Waals surface area contributed by atoms with E-state index in [2.05, 4.69) is 240 Å². The van der Waals surface area contributed by atoms with Crippen LogP contribution in [0.4, 0.5) is 17.1 Å². The van der Waals surface area contributed by atoms with Gasteiger partial charge in [-0.15, -0.1) is 0 Å². The maximum atomic E-state index is 2.45. The molecule has 0 fully saturated rings. The number of aromatic nitrogens is 1. The van der Waals surface area contributed by atoms with Crippen LogP contribution in [-0.4, -0.2) is 4.57 Å². The zero-order chi connectivity index (χ0) is 39.6. The molecule has 2 nitrogen and oxygen atoms in total. The van der Waals surface area contributed by atoms with Crippen molar-refractivity contribution >= 4 is 82.0 Å². The first-order valence-electron chi connectivity index (χ1n) is 20.7. The van der Waals surface area contributed by atoms with Gasteiger partial charge in [0.05, 0.1) is 16.7 Å². The molecule has 0 saturated carbocycles. The van der Waals surface area contributed by atoms with Gasteiger partial charge in [0, 0.05) is 33.2 Å².